The van der Waals surface area contributed by atoms with Crippen LogP contribution in [0.5, 0.6) is 0 Å². The molecule has 1 saturated heterocycles. The molecule has 16 heavy (non-hydrogen) atoms. The van der Waals surface area contributed by atoms with Crippen LogP contribution in [0.2, 0.25) is 0 Å². The largest absolute Gasteiger partial charge is 0.296 e. The fourth-order valence-corrected chi connectivity index (χ4v) is 2.07. The van der Waals surface area contributed by atoms with Crippen molar-refractivity contribution in [2.45, 2.75) is 39.7 Å². The number of aryl methyl sites for hydroxylation is 1. The lowest BCUT2D eigenvalue weighted by molar-refractivity contribution is 0.181. The summed E-state index contributed by atoms with van der Waals surface area (Å²) in [4.78, 5) is 11.3. The van der Waals surface area contributed by atoms with Crippen molar-refractivity contribution in [1.29, 1.82) is 0 Å². The van der Waals surface area contributed by atoms with Crippen molar-refractivity contribution in [2.24, 2.45) is 5.92 Å². The lowest BCUT2D eigenvalue weighted by Crippen LogP contribution is -2.32. The van der Waals surface area contributed by atoms with Crippen LogP contribution in [0.15, 0.2) is 12.4 Å². The molecule has 0 radical (unpaired) electrons. The Morgan fingerprint density at radius 3 is 2.44 bits per heavy atom. The fourth-order valence-electron chi connectivity index (χ4n) is 2.07. The van der Waals surface area contributed by atoms with Crippen molar-refractivity contribution in [3.05, 3.63) is 23.8 Å². The monoisotopic (exact) mass is 219 g/mol. The second-order valence-electron chi connectivity index (χ2n) is 4.82. The molecule has 0 saturated carbocycles. The Labute approximate surface area is 97.9 Å². The van der Waals surface area contributed by atoms with Crippen molar-refractivity contribution in [3.8, 4) is 0 Å². The molecule has 0 amide bonds. The minimum absolute atomic E-state index is 0.889. The maximum atomic E-state index is 4.41. The van der Waals surface area contributed by atoms with Crippen LogP contribution >= 0.6 is 0 Å². The normalized spacial score (nSPS) is 18.9. The standard InChI is InChI=1S/C13H21N3/c1-3-12-8-14-13(15-9-12)10-16-6-4-11(2)5-7-16/h8-9,11H,3-7,10H2,1-2H3. The highest BCUT2D eigenvalue weighted by molar-refractivity contribution is 5.04. The molecule has 0 bridgehead atoms. The summed E-state index contributed by atoms with van der Waals surface area (Å²) in [5.41, 5.74) is 1.22. The number of piperidine rings is 1. The van der Waals surface area contributed by atoms with Gasteiger partial charge < -0.3 is 0 Å². The minimum atomic E-state index is 0.889. The van der Waals surface area contributed by atoms with E-state index in [1.807, 2.05) is 12.4 Å². The fraction of sp³-hybridized carbons (Fsp3) is 0.692. The van der Waals surface area contributed by atoms with Gasteiger partial charge in [-0.1, -0.05) is 13.8 Å². The van der Waals surface area contributed by atoms with Crippen molar-refractivity contribution in [1.82, 2.24) is 14.9 Å². The number of rotatable bonds is 3. The topological polar surface area (TPSA) is 29.0 Å². The molecule has 1 aliphatic rings. The second-order valence-corrected chi connectivity index (χ2v) is 4.82. The molecule has 1 aromatic heterocycles. The molecule has 3 nitrogen and oxygen atoms in total. The molecule has 0 aromatic carbocycles. The van der Waals surface area contributed by atoms with E-state index in [2.05, 4.69) is 28.7 Å². The summed E-state index contributed by atoms with van der Waals surface area (Å²) in [6.07, 6.45) is 7.55. The molecular formula is C13H21N3. The molecule has 1 aromatic rings. The van der Waals surface area contributed by atoms with E-state index < -0.39 is 0 Å². The molecule has 88 valence electrons. The van der Waals surface area contributed by atoms with Crippen molar-refractivity contribution in [3.63, 3.8) is 0 Å². The Morgan fingerprint density at radius 1 is 1.25 bits per heavy atom. The number of hydrogen-bond acceptors (Lipinski definition) is 3. The predicted octanol–water partition coefficient (Wildman–Crippen LogP) is 2.27. The van der Waals surface area contributed by atoms with Gasteiger partial charge in [0.15, 0.2) is 0 Å². The van der Waals surface area contributed by atoms with Crippen LogP contribution in [0.4, 0.5) is 0 Å². The maximum absolute atomic E-state index is 4.41. The zero-order valence-electron chi connectivity index (χ0n) is 10.3. The molecule has 0 aliphatic carbocycles. The molecule has 2 rings (SSSR count). The van der Waals surface area contributed by atoms with Crippen LogP contribution in [-0.2, 0) is 13.0 Å². The number of nitrogens with zero attached hydrogens (tertiary/aromatic N) is 3. The Hall–Kier alpha value is -0.960. The van der Waals surface area contributed by atoms with Gasteiger partial charge in [-0.3, -0.25) is 4.90 Å². The Bertz CT molecular complexity index is 312. The first-order valence-electron chi connectivity index (χ1n) is 6.30. The minimum Gasteiger partial charge on any atom is -0.296 e. The summed E-state index contributed by atoms with van der Waals surface area (Å²) < 4.78 is 0. The molecule has 0 unspecified atom stereocenters. The van der Waals surface area contributed by atoms with Gasteiger partial charge in [0.25, 0.3) is 0 Å². The van der Waals surface area contributed by atoms with Crippen LogP contribution in [-0.4, -0.2) is 28.0 Å². The quantitative estimate of drug-likeness (QED) is 0.781. The Kier molecular flexibility index (Phi) is 3.88. The third-order valence-electron chi connectivity index (χ3n) is 3.41. The van der Waals surface area contributed by atoms with Gasteiger partial charge in [-0.15, -0.1) is 0 Å². The van der Waals surface area contributed by atoms with Gasteiger partial charge >= 0.3 is 0 Å². The van der Waals surface area contributed by atoms with Crippen LogP contribution in [0.1, 0.15) is 38.1 Å². The van der Waals surface area contributed by atoms with Crippen molar-refractivity contribution < 1.29 is 0 Å². The molecule has 0 spiro atoms. The average molecular weight is 219 g/mol. The van der Waals surface area contributed by atoms with Crippen LogP contribution in [0.3, 0.4) is 0 Å². The molecule has 3 heteroatoms. The third-order valence-corrected chi connectivity index (χ3v) is 3.41. The Balaban J connectivity index is 1.88. The van der Waals surface area contributed by atoms with Crippen LogP contribution in [0.25, 0.3) is 0 Å². The molecule has 1 fully saturated rings. The first kappa shape index (κ1) is 11.5. The highest BCUT2D eigenvalue weighted by Gasteiger charge is 2.16. The molecule has 2 heterocycles. The van der Waals surface area contributed by atoms with E-state index in [9.17, 15) is 0 Å². The molecule has 1 aliphatic heterocycles. The highest BCUT2D eigenvalue weighted by atomic mass is 15.1. The average Bonchev–Trinajstić information content (AvgIpc) is 2.33. The van der Waals surface area contributed by atoms with Gasteiger partial charge in [0.2, 0.25) is 0 Å². The summed E-state index contributed by atoms with van der Waals surface area (Å²) in [6, 6.07) is 0. The van der Waals surface area contributed by atoms with Crippen LogP contribution < -0.4 is 0 Å². The van der Waals surface area contributed by atoms with E-state index in [0.717, 1.165) is 24.7 Å². The van der Waals surface area contributed by atoms with E-state index in [4.69, 9.17) is 0 Å². The van der Waals surface area contributed by atoms with Crippen molar-refractivity contribution >= 4 is 0 Å². The summed E-state index contributed by atoms with van der Waals surface area (Å²) in [6.45, 7) is 7.77. The summed E-state index contributed by atoms with van der Waals surface area (Å²) in [5.74, 6) is 1.85. The van der Waals surface area contributed by atoms with Gasteiger partial charge in [0, 0.05) is 12.4 Å². The lowest BCUT2D eigenvalue weighted by atomic mass is 9.99. The smallest absolute Gasteiger partial charge is 0.142 e. The number of hydrogen-bond donors (Lipinski definition) is 0. The predicted molar refractivity (Wildman–Crippen MR) is 65.1 cm³/mol. The molecular weight excluding hydrogens is 198 g/mol. The van der Waals surface area contributed by atoms with Gasteiger partial charge in [-0.25, -0.2) is 9.97 Å². The van der Waals surface area contributed by atoms with E-state index >= 15 is 0 Å². The number of aromatic nitrogens is 2. The summed E-state index contributed by atoms with van der Waals surface area (Å²) >= 11 is 0. The van der Waals surface area contributed by atoms with Gasteiger partial charge in [-0.2, -0.15) is 0 Å². The van der Waals surface area contributed by atoms with Crippen molar-refractivity contribution in [2.75, 3.05) is 13.1 Å². The Morgan fingerprint density at radius 2 is 1.88 bits per heavy atom. The third kappa shape index (κ3) is 3.01. The molecule has 0 N–H and O–H groups in total. The van der Waals surface area contributed by atoms with Gasteiger partial charge in [-0.05, 0) is 43.8 Å². The lowest BCUT2D eigenvalue weighted by Gasteiger charge is -2.29. The second kappa shape index (κ2) is 5.39. The zero-order chi connectivity index (χ0) is 11.4. The molecule has 0 atom stereocenters. The van der Waals surface area contributed by atoms with E-state index in [0.29, 0.717) is 0 Å². The van der Waals surface area contributed by atoms with Crippen LogP contribution in [0, 0.1) is 5.92 Å². The summed E-state index contributed by atoms with van der Waals surface area (Å²) in [7, 11) is 0. The van der Waals surface area contributed by atoms with Gasteiger partial charge in [0.1, 0.15) is 5.82 Å². The van der Waals surface area contributed by atoms with E-state index in [1.165, 1.54) is 31.5 Å². The summed E-state index contributed by atoms with van der Waals surface area (Å²) in [5, 5.41) is 0. The first-order chi connectivity index (χ1) is 7.78. The zero-order valence-corrected chi connectivity index (χ0v) is 10.3. The van der Waals surface area contributed by atoms with E-state index in [-0.39, 0.29) is 0 Å². The first-order valence-corrected chi connectivity index (χ1v) is 6.30. The van der Waals surface area contributed by atoms with E-state index in [1.54, 1.807) is 0 Å². The maximum Gasteiger partial charge on any atom is 0.142 e. The highest BCUT2D eigenvalue weighted by Crippen LogP contribution is 2.16. The number of likely N-dealkylation sites (tertiary alicyclic amines) is 1. The SMILES string of the molecule is CCc1cnc(CN2CCC(C)CC2)nc1. The van der Waals surface area contributed by atoms with Gasteiger partial charge in [0.05, 0.1) is 6.54 Å².